The Balaban J connectivity index is 3.09. The van der Waals surface area contributed by atoms with Crippen LogP contribution in [0.5, 0.6) is 0 Å². The van der Waals surface area contributed by atoms with E-state index < -0.39 is 5.95 Å². The highest BCUT2D eigenvalue weighted by molar-refractivity contribution is 14.1. The molecule has 0 spiro atoms. The molecule has 10 heavy (non-hydrogen) atoms. The Morgan fingerprint density at radius 2 is 2.40 bits per heavy atom. The van der Waals surface area contributed by atoms with Gasteiger partial charge in [-0.2, -0.15) is 4.39 Å². The number of rotatable bonds is 1. The Morgan fingerprint density at radius 1 is 1.70 bits per heavy atom. The van der Waals surface area contributed by atoms with Gasteiger partial charge in [-0.05, 0) is 40.6 Å². The molecule has 1 aromatic heterocycles. The second-order valence-electron chi connectivity index (χ2n) is 1.95. The third-order valence-corrected chi connectivity index (χ3v) is 2.25. The number of aromatic nitrogens is 1. The maximum Gasteiger partial charge on any atom is 0.213 e. The number of hydrogen-bond acceptors (Lipinski definition) is 1. The van der Waals surface area contributed by atoms with E-state index in [0.29, 0.717) is 0 Å². The largest absolute Gasteiger partial charge is 0.227 e. The Kier molecular flexibility index (Phi) is 2.59. The third-order valence-electron chi connectivity index (χ3n) is 1.28. The minimum absolute atomic E-state index is 0.391. The van der Waals surface area contributed by atoms with Gasteiger partial charge in [0.1, 0.15) is 0 Å². The van der Waals surface area contributed by atoms with Crippen LogP contribution < -0.4 is 0 Å². The zero-order chi connectivity index (χ0) is 7.56. The highest BCUT2D eigenvalue weighted by Crippen LogP contribution is 2.11. The second kappa shape index (κ2) is 3.27. The molecule has 0 bridgehead atoms. The van der Waals surface area contributed by atoms with Gasteiger partial charge < -0.3 is 0 Å². The Bertz CT molecular complexity index is 237. The molecule has 0 aliphatic rings. The van der Waals surface area contributed by atoms with Crippen LogP contribution in [-0.2, 0) is 6.42 Å². The van der Waals surface area contributed by atoms with Crippen LogP contribution in [0.1, 0.15) is 12.5 Å². The van der Waals surface area contributed by atoms with Crippen molar-refractivity contribution in [2.45, 2.75) is 13.3 Å². The lowest BCUT2D eigenvalue weighted by atomic mass is 10.2. The molecule has 54 valence electrons. The van der Waals surface area contributed by atoms with Crippen molar-refractivity contribution in [2.75, 3.05) is 0 Å². The Hall–Kier alpha value is -0.190. The van der Waals surface area contributed by atoms with E-state index in [1.807, 2.05) is 6.92 Å². The predicted octanol–water partition coefficient (Wildman–Crippen LogP) is 2.39. The van der Waals surface area contributed by atoms with E-state index in [9.17, 15) is 4.39 Å². The molecule has 1 rings (SSSR count). The lowest BCUT2D eigenvalue weighted by Gasteiger charge is -1.97. The van der Waals surface area contributed by atoms with Gasteiger partial charge in [0.05, 0.1) is 0 Å². The molecule has 3 heteroatoms. The summed E-state index contributed by atoms with van der Waals surface area (Å²) in [5.74, 6) is -0.391. The summed E-state index contributed by atoms with van der Waals surface area (Å²) in [4.78, 5) is 3.51. The molecule has 0 aliphatic carbocycles. The first-order valence-corrected chi connectivity index (χ1v) is 4.12. The number of hydrogen-bond donors (Lipinski definition) is 0. The molecule has 0 radical (unpaired) electrons. The van der Waals surface area contributed by atoms with E-state index in [1.54, 1.807) is 6.20 Å². The molecule has 0 saturated carbocycles. The summed E-state index contributed by atoms with van der Waals surface area (Å²) in [6, 6.07) is 1.47. The number of halogens is 2. The van der Waals surface area contributed by atoms with E-state index in [2.05, 4.69) is 27.6 Å². The molecule has 0 saturated heterocycles. The van der Waals surface area contributed by atoms with Gasteiger partial charge in [0.2, 0.25) is 5.95 Å². The van der Waals surface area contributed by atoms with Crippen LogP contribution in [0.2, 0.25) is 0 Å². The van der Waals surface area contributed by atoms with Crippen molar-refractivity contribution >= 4 is 22.6 Å². The molecule has 0 amide bonds. The normalized spacial score (nSPS) is 9.90. The molecule has 0 unspecified atom stereocenters. The first kappa shape index (κ1) is 7.91. The fourth-order valence-corrected chi connectivity index (χ4v) is 1.40. The average Bonchev–Trinajstić information content (AvgIpc) is 1.94. The van der Waals surface area contributed by atoms with Gasteiger partial charge >= 0.3 is 0 Å². The summed E-state index contributed by atoms with van der Waals surface area (Å²) in [6.07, 6.45) is 2.41. The van der Waals surface area contributed by atoms with E-state index in [0.717, 1.165) is 15.6 Å². The van der Waals surface area contributed by atoms with Crippen molar-refractivity contribution in [1.82, 2.24) is 4.98 Å². The number of aryl methyl sites for hydroxylation is 1. The minimum Gasteiger partial charge on any atom is -0.227 e. The van der Waals surface area contributed by atoms with Gasteiger partial charge in [0.15, 0.2) is 0 Å². The summed E-state index contributed by atoms with van der Waals surface area (Å²) in [6.45, 7) is 2.00. The molecule has 0 aliphatic heterocycles. The van der Waals surface area contributed by atoms with Gasteiger partial charge in [-0.1, -0.05) is 6.92 Å². The van der Waals surface area contributed by atoms with Gasteiger partial charge in [-0.25, -0.2) is 4.98 Å². The molecule has 1 aromatic rings. The zero-order valence-corrected chi connectivity index (χ0v) is 7.72. The topological polar surface area (TPSA) is 12.9 Å². The van der Waals surface area contributed by atoms with E-state index in [1.165, 1.54) is 6.07 Å². The summed E-state index contributed by atoms with van der Waals surface area (Å²) in [7, 11) is 0. The van der Waals surface area contributed by atoms with Crippen LogP contribution in [-0.4, -0.2) is 4.98 Å². The summed E-state index contributed by atoms with van der Waals surface area (Å²) in [5.41, 5.74) is 1.02. The second-order valence-corrected chi connectivity index (χ2v) is 3.11. The predicted molar refractivity (Wildman–Crippen MR) is 46.3 cm³/mol. The molecule has 1 heterocycles. The van der Waals surface area contributed by atoms with Gasteiger partial charge in [-0.15, -0.1) is 0 Å². The van der Waals surface area contributed by atoms with Gasteiger partial charge in [0.25, 0.3) is 0 Å². The lowest BCUT2D eigenvalue weighted by molar-refractivity contribution is 0.580. The Morgan fingerprint density at radius 3 is 2.90 bits per heavy atom. The van der Waals surface area contributed by atoms with Crippen molar-refractivity contribution in [2.24, 2.45) is 0 Å². The van der Waals surface area contributed by atoms with E-state index in [-0.39, 0.29) is 0 Å². The monoisotopic (exact) mass is 251 g/mol. The van der Waals surface area contributed by atoms with Crippen LogP contribution in [0.15, 0.2) is 12.3 Å². The quantitative estimate of drug-likeness (QED) is 0.551. The first-order valence-electron chi connectivity index (χ1n) is 3.04. The molecule has 0 N–H and O–H groups in total. The Labute approximate surface area is 72.8 Å². The third kappa shape index (κ3) is 1.65. The molecular formula is C7H7FIN. The minimum atomic E-state index is -0.391. The zero-order valence-electron chi connectivity index (χ0n) is 5.56. The van der Waals surface area contributed by atoms with Gasteiger partial charge in [0, 0.05) is 9.77 Å². The molecule has 1 nitrogen and oxygen atoms in total. The highest BCUT2D eigenvalue weighted by atomic mass is 127. The molecular weight excluding hydrogens is 244 g/mol. The van der Waals surface area contributed by atoms with E-state index in [4.69, 9.17) is 0 Å². The molecule has 0 atom stereocenters. The van der Waals surface area contributed by atoms with Crippen LogP contribution in [0.25, 0.3) is 0 Å². The van der Waals surface area contributed by atoms with E-state index >= 15 is 0 Å². The van der Waals surface area contributed by atoms with Crippen LogP contribution in [0.3, 0.4) is 0 Å². The van der Waals surface area contributed by atoms with Crippen LogP contribution >= 0.6 is 22.6 Å². The summed E-state index contributed by atoms with van der Waals surface area (Å²) >= 11 is 2.15. The maximum absolute atomic E-state index is 12.4. The van der Waals surface area contributed by atoms with Crippen molar-refractivity contribution in [1.29, 1.82) is 0 Å². The lowest BCUT2D eigenvalue weighted by Crippen LogP contribution is -1.90. The van der Waals surface area contributed by atoms with Crippen molar-refractivity contribution in [3.05, 3.63) is 27.3 Å². The van der Waals surface area contributed by atoms with Gasteiger partial charge in [-0.3, -0.25) is 0 Å². The number of pyridine rings is 1. The number of nitrogens with zero attached hydrogens (tertiary/aromatic N) is 1. The van der Waals surface area contributed by atoms with Crippen molar-refractivity contribution < 1.29 is 4.39 Å². The molecule has 0 aromatic carbocycles. The summed E-state index contributed by atoms with van der Waals surface area (Å²) < 4.78 is 13.4. The SMILES string of the molecule is CCc1cc(F)ncc1I. The summed E-state index contributed by atoms with van der Waals surface area (Å²) in [5, 5.41) is 0. The molecule has 0 fully saturated rings. The smallest absolute Gasteiger partial charge is 0.213 e. The first-order chi connectivity index (χ1) is 4.74. The fraction of sp³-hybridized carbons (Fsp3) is 0.286. The standard InChI is InChI=1S/C7H7FIN/c1-2-5-3-7(8)10-4-6(5)9/h3-4H,2H2,1H3. The fourth-order valence-electron chi connectivity index (χ4n) is 0.722. The highest BCUT2D eigenvalue weighted by Gasteiger charge is 1.98. The van der Waals surface area contributed by atoms with Crippen molar-refractivity contribution in [3.63, 3.8) is 0 Å². The van der Waals surface area contributed by atoms with Crippen molar-refractivity contribution in [3.8, 4) is 0 Å². The maximum atomic E-state index is 12.4. The average molecular weight is 251 g/mol. The van der Waals surface area contributed by atoms with Crippen LogP contribution in [0, 0.1) is 9.52 Å². The van der Waals surface area contributed by atoms with Crippen LogP contribution in [0.4, 0.5) is 4.39 Å².